The van der Waals surface area contributed by atoms with E-state index in [9.17, 15) is 0 Å². The van der Waals surface area contributed by atoms with Crippen molar-refractivity contribution in [3.05, 3.63) is 35.5 Å². The fraction of sp³-hybridized carbons (Fsp3) is 0.286. The largest absolute Gasteiger partial charge is 0.493 e. The zero-order valence-electron chi connectivity index (χ0n) is 10.9. The summed E-state index contributed by atoms with van der Waals surface area (Å²) in [6.45, 7) is 2.69. The number of benzene rings is 1. The van der Waals surface area contributed by atoms with Crippen molar-refractivity contribution >= 4 is 11.6 Å². The summed E-state index contributed by atoms with van der Waals surface area (Å²) >= 11 is 5.92. The molecule has 0 fully saturated rings. The molecule has 0 N–H and O–H groups in total. The molecular formula is C14H15ClN2O2. The third-order valence-electron chi connectivity index (χ3n) is 2.54. The van der Waals surface area contributed by atoms with Crippen LogP contribution in [0.4, 0.5) is 0 Å². The second kappa shape index (κ2) is 6.38. The Morgan fingerprint density at radius 2 is 2.05 bits per heavy atom. The highest BCUT2D eigenvalue weighted by Gasteiger charge is 2.08. The number of aromatic nitrogens is 2. The number of halogens is 1. The highest BCUT2D eigenvalue weighted by Crippen LogP contribution is 2.32. The van der Waals surface area contributed by atoms with Gasteiger partial charge in [0.1, 0.15) is 0 Å². The Bertz CT molecular complexity index is 561. The summed E-state index contributed by atoms with van der Waals surface area (Å²) in [5.74, 6) is 1.40. The van der Waals surface area contributed by atoms with Gasteiger partial charge in [0.15, 0.2) is 11.5 Å². The first kappa shape index (κ1) is 13.6. The van der Waals surface area contributed by atoms with Gasteiger partial charge in [0.05, 0.1) is 30.6 Å². The van der Waals surface area contributed by atoms with E-state index in [1.54, 1.807) is 13.2 Å². The molecule has 0 bridgehead atoms. The highest BCUT2D eigenvalue weighted by atomic mass is 35.5. The average Bonchev–Trinajstić information content (AvgIpc) is 2.44. The van der Waals surface area contributed by atoms with E-state index in [1.807, 2.05) is 18.2 Å². The molecule has 0 amide bonds. The standard InChI is InChI=1S/C14H15ClN2O2/c1-3-6-19-14-7-10(4-5-13(14)18-2)12-8-11(15)9-16-17-12/h4-5,7-9H,3,6H2,1-2H3. The SMILES string of the molecule is CCCOc1cc(-c2cc(Cl)cnn2)ccc1OC. The molecule has 1 heterocycles. The minimum atomic E-state index is 0.553. The van der Waals surface area contributed by atoms with Crippen molar-refractivity contribution in [2.75, 3.05) is 13.7 Å². The number of hydrogen-bond donors (Lipinski definition) is 0. The van der Waals surface area contributed by atoms with Crippen LogP contribution in [0.25, 0.3) is 11.3 Å². The Kier molecular flexibility index (Phi) is 4.58. The fourth-order valence-corrected chi connectivity index (χ4v) is 1.79. The van der Waals surface area contributed by atoms with E-state index in [2.05, 4.69) is 17.1 Å². The predicted octanol–water partition coefficient (Wildman–Crippen LogP) is 3.59. The molecule has 0 aliphatic carbocycles. The number of nitrogens with zero attached hydrogens (tertiary/aromatic N) is 2. The van der Waals surface area contributed by atoms with Gasteiger partial charge in [0.25, 0.3) is 0 Å². The van der Waals surface area contributed by atoms with E-state index >= 15 is 0 Å². The molecule has 0 aliphatic heterocycles. The lowest BCUT2D eigenvalue weighted by Gasteiger charge is -2.11. The molecule has 0 aliphatic rings. The monoisotopic (exact) mass is 278 g/mol. The Morgan fingerprint density at radius 1 is 1.21 bits per heavy atom. The van der Waals surface area contributed by atoms with Gasteiger partial charge in [-0.15, -0.1) is 0 Å². The average molecular weight is 279 g/mol. The smallest absolute Gasteiger partial charge is 0.161 e. The Morgan fingerprint density at radius 3 is 2.74 bits per heavy atom. The van der Waals surface area contributed by atoms with Gasteiger partial charge < -0.3 is 9.47 Å². The number of methoxy groups -OCH3 is 1. The van der Waals surface area contributed by atoms with E-state index < -0.39 is 0 Å². The Hall–Kier alpha value is -1.81. The second-order valence-electron chi connectivity index (χ2n) is 3.97. The lowest BCUT2D eigenvalue weighted by atomic mass is 10.1. The normalized spacial score (nSPS) is 10.3. The first-order chi connectivity index (χ1) is 9.24. The van der Waals surface area contributed by atoms with Gasteiger partial charge in [-0.25, -0.2) is 0 Å². The number of rotatable bonds is 5. The molecule has 0 radical (unpaired) electrons. The highest BCUT2D eigenvalue weighted by molar-refractivity contribution is 6.30. The van der Waals surface area contributed by atoms with Crippen LogP contribution in [-0.4, -0.2) is 23.9 Å². The maximum absolute atomic E-state index is 5.92. The zero-order valence-corrected chi connectivity index (χ0v) is 11.6. The van der Waals surface area contributed by atoms with Gasteiger partial charge in [-0.1, -0.05) is 18.5 Å². The molecule has 0 saturated carbocycles. The topological polar surface area (TPSA) is 44.2 Å². The summed E-state index contributed by atoms with van der Waals surface area (Å²) in [6.07, 6.45) is 2.44. The minimum absolute atomic E-state index is 0.553. The molecule has 4 nitrogen and oxygen atoms in total. The second-order valence-corrected chi connectivity index (χ2v) is 4.41. The molecule has 1 aromatic heterocycles. The van der Waals surface area contributed by atoms with Crippen LogP contribution in [0.5, 0.6) is 11.5 Å². The van der Waals surface area contributed by atoms with E-state index in [0.717, 1.165) is 12.0 Å². The summed E-state index contributed by atoms with van der Waals surface area (Å²) < 4.78 is 10.9. The van der Waals surface area contributed by atoms with Crippen molar-refractivity contribution < 1.29 is 9.47 Å². The molecule has 100 valence electrons. The summed E-state index contributed by atoms with van der Waals surface area (Å²) in [7, 11) is 1.62. The molecule has 1 aromatic carbocycles. The van der Waals surface area contributed by atoms with Gasteiger partial charge in [-0.3, -0.25) is 0 Å². The lowest BCUT2D eigenvalue weighted by Crippen LogP contribution is -1.98. The molecule has 5 heteroatoms. The lowest BCUT2D eigenvalue weighted by molar-refractivity contribution is 0.294. The van der Waals surface area contributed by atoms with Crippen molar-refractivity contribution in [2.45, 2.75) is 13.3 Å². The zero-order chi connectivity index (χ0) is 13.7. The molecular weight excluding hydrogens is 264 g/mol. The van der Waals surface area contributed by atoms with Gasteiger partial charge in [0.2, 0.25) is 0 Å². The number of ether oxygens (including phenoxy) is 2. The summed E-state index contributed by atoms with van der Waals surface area (Å²) in [5.41, 5.74) is 1.60. The summed E-state index contributed by atoms with van der Waals surface area (Å²) in [6, 6.07) is 7.40. The molecule has 0 atom stereocenters. The summed E-state index contributed by atoms with van der Waals surface area (Å²) in [5, 5.41) is 8.45. The molecule has 0 unspecified atom stereocenters. The van der Waals surface area contributed by atoms with Crippen molar-refractivity contribution in [3.63, 3.8) is 0 Å². The maximum atomic E-state index is 5.92. The van der Waals surface area contributed by atoms with Crippen molar-refractivity contribution in [1.82, 2.24) is 10.2 Å². The van der Waals surface area contributed by atoms with Crippen molar-refractivity contribution in [3.8, 4) is 22.8 Å². The van der Waals surface area contributed by atoms with Crippen molar-refractivity contribution in [1.29, 1.82) is 0 Å². The van der Waals surface area contributed by atoms with Gasteiger partial charge in [0, 0.05) is 5.56 Å². The van der Waals surface area contributed by atoms with Crippen LogP contribution in [-0.2, 0) is 0 Å². The first-order valence-electron chi connectivity index (χ1n) is 6.04. The van der Waals surface area contributed by atoms with Crippen LogP contribution in [0.2, 0.25) is 5.02 Å². The Labute approximate surface area is 117 Å². The Balaban J connectivity index is 2.36. The first-order valence-corrected chi connectivity index (χ1v) is 6.42. The van der Waals surface area contributed by atoms with Gasteiger partial charge in [-0.2, -0.15) is 10.2 Å². The van der Waals surface area contributed by atoms with Crippen LogP contribution in [0.1, 0.15) is 13.3 Å². The van der Waals surface area contributed by atoms with E-state index in [4.69, 9.17) is 21.1 Å². The van der Waals surface area contributed by atoms with Crippen LogP contribution in [0.3, 0.4) is 0 Å². The van der Waals surface area contributed by atoms with Crippen LogP contribution < -0.4 is 9.47 Å². The fourth-order valence-electron chi connectivity index (χ4n) is 1.64. The van der Waals surface area contributed by atoms with Crippen molar-refractivity contribution in [2.24, 2.45) is 0 Å². The molecule has 2 aromatic rings. The number of hydrogen-bond acceptors (Lipinski definition) is 4. The van der Waals surface area contributed by atoms with Gasteiger partial charge in [-0.05, 0) is 30.7 Å². The third-order valence-corrected chi connectivity index (χ3v) is 2.75. The molecule has 0 spiro atoms. The molecule has 19 heavy (non-hydrogen) atoms. The van der Waals surface area contributed by atoms with Crippen LogP contribution >= 0.6 is 11.6 Å². The van der Waals surface area contributed by atoms with E-state index in [0.29, 0.717) is 28.8 Å². The minimum Gasteiger partial charge on any atom is -0.493 e. The predicted molar refractivity (Wildman–Crippen MR) is 74.8 cm³/mol. The quantitative estimate of drug-likeness (QED) is 0.838. The van der Waals surface area contributed by atoms with Crippen LogP contribution in [0, 0.1) is 0 Å². The van der Waals surface area contributed by atoms with Crippen LogP contribution in [0.15, 0.2) is 30.5 Å². The summed E-state index contributed by atoms with van der Waals surface area (Å²) in [4.78, 5) is 0. The van der Waals surface area contributed by atoms with Gasteiger partial charge >= 0.3 is 0 Å². The maximum Gasteiger partial charge on any atom is 0.161 e. The molecule has 2 rings (SSSR count). The van der Waals surface area contributed by atoms with E-state index in [1.165, 1.54) is 6.20 Å². The van der Waals surface area contributed by atoms with E-state index in [-0.39, 0.29) is 0 Å². The third kappa shape index (κ3) is 3.35. The molecule has 0 saturated heterocycles.